The van der Waals surface area contributed by atoms with Gasteiger partial charge >= 0.3 is 0 Å². The molecule has 0 atom stereocenters. The van der Waals surface area contributed by atoms with Crippen LogP contribution < -0.4 is 5.73 Å². The number of anilines is 1. The fourth-order valence-corrected chi connectivity index (χ4v) is 1.35. The Morgan fingerprint density at radius 3 is 2.76 bits per heavy atom. The van der Waals surface area contributed by atoms with Crippen molar-refractivity contribution < 1.29 is 18.7 Å². The lowest BCUT2D eigenvalue weighted by molar-refractivity contribution is 0.0510. The van der Waals surface area contributed by atoms with E-state index < -0.39 is 25.5 Å². The number of rotatable bonds is 5. The molecule has 1 heterocycles. The van der Waals surface area contributed by atoms with E-state index in [1.807, 2.05) is 0 Å². The number of carbonyl (C=O) groups is 1. The summed E-state index contributed by atoms with van der Waals surface area (Å²) in [6, 6.07) is 0. The van der Waals surface area contributed by atoms with Gasteiger partial charge in [-0.25, -0.2) is 8.78 Å². The lowest BCUT2D eigenvalue weighted by Crippen LogP contribution is -2.37. The van der Waals surface area contributed by atoms with Crippen molar-refractivity contribution in [2.24, 2.45) is 7.05 Å². The van der Waals surface area contributed by atoms with E-state index in [1.165, 1.54) is 17.9 Å². The zero-order chi connectivity index (χ0) is 13.0. The van der Waals surface area contributed by atoms with Gasteiger partial charge < -0.3 is 15.7 Å². The topological polar surface area (TPSA) is 84.4 Å². The third kappa shape index (κ3) is 3.13. The van der Waals surface area contributed by atoms with Crippen molar-refractivity contribution in [3.05, 3.63) is 11.8 Å². The molecule has 1 aromatic rings. The second-order valence-electron chi connectivity index (χ2n) is 3.43. The van der Waals surface area contributed by atoms with E-state index in [2.05, 4.69) is 5.10 Å². The Kier molecular flexibility index (Phi) is 4.38. The number of nitrogens with zero attached hydrogens (tertiary/aromatic N) is 3. The Morgan fingerprint density at radius 2 is 2.35 bits per heavy atom. The maximum absolute atomic E-state index is 12.3. The van der Waals surface area contributed by atoms with E-state index >= 15 is 0 Å². The monoisotopic (exact) mass is 248 g/mol. The maximum Gasteiger partial charge on any atom is 0.259 e. The summed E-state index contributed by atoms with van der Waals surface area (Å²) in [5.74, 6) is -0.558. The van der Waals surface area contributed by atoms with Gasteiger partial charge in [-0.2, -0.15) is 5.10 Å². The Hall–Kier alpha value is -1.70. The van der Waals surface area contributed by atoms with Gasteiger partial charge in [0.1, 0.15) is 11.4 Å². The highest BCUT2D eigenvalue weighted by molar-refractivity contribution is 5.98. The first-order valence-electron chi connectivity index (χ1n) is 4.93. The van der Waals surface area contributed by atoms with Gasteiger partial charge in [-0.3, -0.25) is 9.48 Å². The van der Waals surface area contributed by atoms with E-state index in [-0.39, 0.29) is 17.9 Å². The van der Waals surface area contributed by atoms with Crippen molar-refractivity contribution in [3.63, 3.8) is 0 Å². The molecule has 6 nitrogen and oxygen atoms in total. The quantitative estimate of drug-likeness (QED) is 0.749. The number of amides is 1. The first kappa shape index (κ1) is 13.4. The number of aryl methyl sites for hydroxylation is 1. The predicted molar refractivity (Wildman–Crippen MR) is 56.6 cm³/mol. The number of aliphatic hydroxyl groups excluding tert-OH is 1. The number of alkyl halides is 2. The number of nitrogen functional groups attached to an aromatic ring is 1. The van der Waals surface area contributed by atoms with Gasteiger partial charge in [0.05, 0.1) is 19.3 Å². The van der Waals surface area contributed by atoms with Crippen molar-refractivity contribution in [2.45, 2.75) is 6.43 Å². The minimum Gasteiger partial charge on any atom is -0.395 e. The molecule has 1 rings (SSSR count). The molecule has 0 unspecified atom stereocenters. The van der Waals surface area contributed by atoms with Gasteiger partial charge in [-0.05, 0) is 0 Å². The summed E-state index contributed by atoms with van der Waals surface area (Å²) in [4.78, 5) is 12.7. The van der Waals surface area contributed by atoms with Gasteiger partial charge in [0.2, 0.25) is 0 Å². The summed E-state index contributed by atoms with van der Waals surface area (Å²) in [6.45, 7) is -1.30. The number of aliphatic hydroxyl groups is 1. The molecule has 0 aliphatic rings. The standard InChI is InChI=1S/C9H14F2N4O2/c1-14-8(12)6(4-13-14)9(17)15(2-3-16)5-7(10)11/h4,7,16H,2-3,5,12H2,1H3. The zero-order valence-corrected chi connectivity index (χ0v) is 9.31. The van der Waals surface area contributed by atoms with E-state index in [9.17, 15) is 13.6 Å². The second-order valence-corrected chi connectivity index (χ2v) is 3.43. The second kappa shape index (κ2) is 5.58. The van der Waals surface area contributed by atoms with E-state index in [0.717, 1.165) is 4.90 Å². The van der Waals surface area contributed by atoms with E-state index in [1.54, 1.807) is 0 Å². The molecule has 0 saturated carbocycles. The Balaban J connectivity index is 2.87. The van der Waals surface area contributed by atoms with Crippen LogP contribution in [0, 0.1) is 0 Å². The maximum atomic E-state index is 12.3. The molecule has 0 bridgehead atoms. The van der Waals surface area contributed by atoms with Gasteiger partial charge in [0.15, 0.2) is 0 Å². The summed E-state index contributed by atoms with van der Waals surface area (Å²) < 4.78 is 25.8. The summed E-state index contributed by atoms with van der Waals surface area (Å²) in [5, 5.41) is 12.5. The Morgan fingerprint density at radius 1 is 1.71 bits per heavy atom. The molecule has 0 aliphatic heterocycles. The molecule has 0 radical (unpaired) electrons. The molecule has 0 aliphatic carbocycles. The summed E-state index contributed by atoms with van der Waals surface area (Å²) >= 11 is 0. The fraction of sp³-hybridized carbons (Fsp3) is 0.556. The lowest BCUT2D eigenvalue weighted by Gasteiger charge is -2.20. The number of aromatic nitrogens is 2. The highest BCUT2D eigenvalue weighted by Crippen LogP contribution is 2.13. The fourth-order valence-electron chi connectivity index (χ4n) is 1.35. The largest absolute Gasteiger partial charge is 0.395 e. The SMILES string of the molecule is Cn1ncc(C(=O)N(CCO)CC(F)F)c1N. The molecular weight excluding hydrogens is 234 g/mol. The molecule has 8 heteroatoms. The average molecular weight is 248 g/mol. The van der Waals surface area contributed by atoms with Crippen LogP contribution in [0.5, 0.6) is 0 Å². The minimum absolute atomic E-state index is 0.0570. The van der Waals surface area contributed by atoms with Crippen molar-refractivity contribution >= 4 is 11.7 Å². The molecule has 0 saturated heterocycles. The molecule has 96 valence electrons. The smallest absolute Gasteiger partial charge is 0.259 e. The van der Waals surface area contributed by atoms with Gasteiger partial charge in [0, 0.05) is 13.6 Å². The molecule has 1 aromatic heterocycles. The first-order chi connectivity index (χ1) is 7.97. The molecular formula is C9H14F2N4O2. The summed E-state index contributed by atoms with van der Waals surface area (Å²) in [7, 11) is 1.54. The normalized spacial score (nSPS) is 10.9. The first-order valence-corrected chi connectivity index (χ1v) is 4.93. The zero-order valence-electron chi connectivity index (χ0n) is 9.31. The number of nitrogens with two attached hydrogens (primary N) is 1. The van der Waals surface area contributed by atoms with E-state index in [0.29, 0.717) is 0 Å². The van der Waals surface area contributed by atoms with Crippen LogP contribution in [0.15, 0.2) is 6.20 Å². The predicted octanol–water partition coefficient (Wildman–Crippen LogP) is -0.298. The number of halogens is 2. The van der Waals surface area contributed by atoms with Crippen molar-refractivity contribution in [2.75, 3.05) is 25.4 Å². The minimum atomic E-state index is -2.66. The lowest BCUT2D eigenvalue weighted by atomic mass is 10.2. The molecule has 3 N–H and O–H groups in total. The van der Waals surface area contributed by atoms with Crippen molar-refractivity contribution in [1.82, 2.24) is 14.7 Å². The third-order valence-electron chi connectivity index (χ3n) is 2.23. The van der Waals surface area contributed by atoms with Gasteiger partial charge in [0.25, 0.3) is 12.3 Å². The highest BCUT2D eigenvalue weighted by Gasteiger charge is 2.22. The molecule has 0 spiro atoms. The van der Waals surface area contributed by atoms with Gasteiger partial charge in [-0.1, -0.05) is 0 Å². The van der Waals surface area contributed by atoms with Gasteiger partial charge in [-0.15, -0.1) is 0 Å². The number of hydrogen-bond donors (Lipinski definition) is 2. The van der Waals surface area contributed by atoms with Crippen LogP contribution in [0.1, 0.15) is 10.4 Å². The van der Waals surface area contributed by atoms with Crippen LogP contribution in [0.4, 0.5) is 14.6 Å². The Bertz CT molecular complexity index is 394. The summed E-state index contributed by atoms with van der Waals surface area (Å²) in [5.41, 5.74) is 5.63. The highest BCUT2D eigenvalue weighted by atomic mass is 19.3. The van der Waals surface area contributed by atoms with Crippen LogP contribution in [-0.4, -0.2) is 51.8 Å². The molecule has 0 aromatic carbocycles. The summed E-state index contributed by atoms with van der Waals surface area (Å²) in [6.07, 6.45) is -1.45. The molecule has 0 fully saturated rings. The number of hydrogen-bond acceptors (Lipinski definition) is 4. The van der Waals surface area contributed by atoms with Crippen LogP contribution >= 0.6 is 0 Å². The van der Waals surface area contributed by atoms with Crippen molar-refractivity contribution in [1.29, 1.82) is 0 Å². The van der Waals surface area contributed by atoms with Crippen LogP contribution in [0.25, 0.3) is 0 Å². The molecule has 17 heavy (non-hydrogen) atoms. The van der Waals surface area contributed by atoms with E-state index in [4.69, 9.17) is 10.8 Å². The van der Waals surface area contributed by atoms with Crippen molar-refractivity contribution in [3.8, 4) is 0 Å². The average Bonchev–Trinajstić information content (AvgIpc) is 2.58. The third-order valence-corrected chi connectivity index (χ3v) is 2.23. The molecule has 1 amide bonds. The van der Waals surface area contributed by atoms with Crippen LogP contribution in [0.3, 0.4) is 0 Å². The van der Waals surface area contributed by atoms with Crippen LogP contribution in [-0.2, 0) is 7.05 Å². The number of carbonyl (C=O) groups excluding carboxylic acids is 1. The van der Waals surface area contributed by atoms with Crippen LogP contribution in [0.2, 0.25) is 0 Å². The Labute approximate surface area is 96.6 Å².